The topological polar surface area (TPSA) is 43.5 Å². The molecule has 2 heterocycles. The van der Waals surface area contributed by atoms with Crippen LogP contribution >= 0.6 is 0 Å². The summed E-state index contributed by atoms with van der Waals surface area (Å²) in [5.74, 6) is 1.82. The van der Waals surface area contributed by atoms with Crippen molar-refractivity contribution in [2.75, 3.05) is 26.4 Å². The van der Waals surface area contributed by atoms with Crippen molar-refractivity contribution >= 4 is 0 Å². The van der Waals surface area contributed by atoms with Crippen molar-refractivity contribution in [1.29, 1.82) is 0 Å². The summed E-state index contributed by atoms with van der Waals surface area (Å²) in [5.41, 5.74) is 1.63. The second kappa shape index (κ2) is 7.26. The Bertz CT molecular complexity index is 566. The third-order valence-corrected chi connectivity index (χ3v) is 5.95. The summed E-state index contributed by atoms with van der Waals surface area (Å²) in [6, 6.07) is 0. The van der Waals surface area contributed by atoms with E-state index in [2.05, 4.69) is 38.2 Å². The lowest BCUT2D eigenvalue weighted by atomic mass is 9.67. The van der Waals surface area contributed by atoms with Crippen molar-refractivity contribution < 1.29 is 18.9 Å². The van der Waals surface area contributed by atoms with Crippen LogP contribution in [0.2, 0.25) is 0 Å². The summed E-state index contributed by atoms with van der Waals surface area (Å²) in [5, 5.41) is 0. The van der Waals surface area contributed by atoms with Gasteiger partial charge in [-0.2, -0.15) is 0 Å². The third-order valence-electron chi connectivity index (χ3n) is 5.95. The maximum absolute atomic E-state index is 5.89. The number of epoxide rings is 2. The molecule has 0 saturated carbocycles. The van der Waals surface area contributed by atoms with Gasteiger partial charge in [-0.3, -0.25) is 0 Å². The lowest BCUT2D eigenvalue weighted by molar-refractivity contribution is 0.0722. The maximum Gasteiger partial charge on any atom is 0.116 e. The highest BCUT2D eigenvalue weighted by Crippen LogP contribution is 2.44. The summed E-state index contributed by atoms with van der Waals surface area (Å²) in [6.07, 6.45) is 14.4. The van der Waals surface area contributed by atoms with E-state index in [1.54, 1.807) is 0 Å². The molecule has 138 valence electrons. The number of allylic oxidation sites excluding steroid dienone is 4. The van der Waals surface area contributed by atoms with Gasteiger partial charge in [-0.25, -0.2) is 0 Å². The molecule has 4 rings (SSSR count). The molecule has 0 aromatic heterocycles. The molecule has 0 amide bonds. The summed E-state index contributed by atoms with van der Waals surface area (Å²) < 4.78 is 22.2. The molecule has 0 bridgehead atoms. The summed E-state index contributed by atoms with van der Waals surface area (Å²) >= 11 is 0. The van der Waals surface area contributed by atoms with E-state index in [1.807, 2.05) is 0 Å². The Balaban J connectivity index is 1.28. The Morgan fingerprint density at radius 3 is 2.44 bits per heavy atom. The van der Waals surface area contributed by atoms with E-state index in [4.69, 9.17) is 18.9 Å². The zero-order valence-corrected chi connectivity index (χ0v) is 15.4. The van der Waals surface area contributed by atoms with Crippen LogP contribution < -0.4 is 0 Å². The van der Waals surface area contributed by atoms with E-state index in [1.165, 1.54) is 12.0 Å². The van der Waals surface area contributed by atoms with Crippen molar-refractivity contribution in [1.82, 2.24) is 0 Å². The molecule has 4 heteroatoms. The van der Waals surface area contributed by atoms with Crippen LogP contribution in [-0.2, 0) is 18.9 Å². The zero-order valence-electron chi connectivity index (χ0n) is 15.4. The Kier molecular flexibility index (Phi) is 5.03. The minimum absolute atomic E-state index is 0.183. The molecule has 2 aliphatic heterocycles. The molecule has 4 unspecified atom stereocenters. The Hall–Kier alpha value is -1.10. The molecule has 2 aliphatic carbocycles. The number of rotatable bonds is 8. The van der Waals surface area contributed by atoms with E-state index in [0.29, 0.717) is 18.1 Å². The van der Waals surface area contributed by atoms with E-state index in [0.717, 1.165) is 51.4 Å². The van der Waals surface area contributed by atoms with Crippen molar-refractivity contribution in [3.8, 4) is 0 Å². The van der Waals surface area contributed by atoms with Gasteiger partial charge in [0, 0.05) is 6.42 Å². The highest BCUT2D eigenvalue weighted by Gasteiger charge is 2.34. The fourth-order valence-corrected chi connectivity index (χ4v) is 3.79. The maximum atomic E-state index is 5.89. The smallest absolute Gasteiger partial charge is 0.116 e. The van der Waals surface area contributed by atoms with Crippen molar-refractivity contribution in [3.05, 3.63) is 35.6 Å². The first kappa shape index (κ1) is 17.3. The van der Waals surface area contributed by atoms with Crippen LogP contribution in [-0.4, -0.2) is 44.7 Å². The Labute approximate surface area is 150 Å². The molecular weight excluding hydrogens is 316 g/mol. The largest absolute Gasteiger partial charge is 0.495 e. The highest BCUT2D eigenvalue weighted by atomic mass is 16.6. The summed E-state index contributed by atoms with van der Waals surface area (Å²) in [6.45, 7) is 7.93. The quantitative estimate of drug-likeness (QED) is 0.627. The summed E-state index contributed by atoms with van der Waals surface area (Å²) in [4.78, 5) is 0. The predicted molar refractivity (Wildman–Crippen MR) is 96.2 cm³/mol. The Morgan fingerprint density at radius 2 is 1.84 bits per heavy atom. The lowest BCUT2D eigenvalue weighted by Gasteiger charge is -2.38. The van der Waals surface area contributed by atoms with Gasteiger partial charge in [0.25, 0.3) is 0 Å². The van der Waals surface area contributed by atoms with Crippen LogP contribution in [0.25, 0.3) is 0 Å². The van der Waals surface area contributed by atoms with Crippen molar-refractivity contribution in [2.45, 2.75) is 57.8 Å². The molecule has 0 aromatic carbocycles. The van der Waals surface area contributed by atoms with Crippen LogP contribution in [0.4, 0.5) is 0 Å². The summed E-state index contributed by atoms with van der Waals surface area (Å²) in [7, 11) is 0. The standard InChI is InChI=1S/C21H30O4/c1-21(2,15-3-7-17(8-4-15)22-11-19-13-24-19)16-5-9-18(10-6-16)23-12-20-14-25-20/h3-4,7,9,16-17,19-20H,5-6,8,10-14H2,1-2H3. The van der Waals surface area contributed by atoms with Gasteiger partial charge in [0.15, 0.2) is 0 Å². The molecule has 4 atom stereocenters. The lowest BCUT2D eigenvalue weighted by Crippen LogP contribution is -2.29. The molecule has 4 nitrogen and oxygen atoms in total. The van der Waals surface area contributed by atoms with Crippen LogP contribution in [0.15, 0.2) is 35.6 Å². The van der Waals surface area contributed by atoms with Gasteiger partial charge in [0.2, 0.25) is 0 Å². The van der Waals surface area contributed by atoms with Crippen LogP contribution in [0, 0.1) is 11.3 Å². The molecule has 0 radical (unpaired) electrons. The molecule has 0 N–H and O–H groups in total. The molecule has 4 aliphatic rings. The molecule has 25 heavy (non-hydrogen) atoms. The highest BCUT2D eigenvalue weighted by molar-refractivity contribution is 5.31. The van der Waals surface area contributed by atoms with E-state index >= 15 is 0 Å². The minimum Gasteiger partial charge on any atom is -0.495 e. The molecule has 0 spiro atoms. The van der Waals surface area contributed by atoms with Gasteiger partial charge < -0.3 is 18.9 Å². The second-order valence-corrected chi connectivity index (χ2v) is 8.21. The van der Waals surface area contributed by atoms with Crippen LogP contribution in [0.1, 0.15) is 39.5 Å². The van der Waals surface area contributed by atoms with Gasteiger partial charge in [-0.05, 0) is 42.2 Å². The SMILES string of the molecule is CC(C)(C1=CCC(OCC2CO2)C=C1)C1CC=C(OCC2CO2)CC1. The Morgan fingerprint density at radius 1 is 1.08 bits per heavy atom. The van der Waals surface area contributed by atoms with E-state index in [-0.39, 0.29) is 11.5 Å². The van der Waals surface area contributed by atoms with Crippen molar-refractivity contribution in [3.63, 3.8) is 0 Å². The monoisotopic (exact) mass is 346 g/mol. The van der Waals surface area contributed by atoms with E-state index in [9.17, 15) is 0 Å². The fraction of sp³-hybridized carbons (Fsp3) is 0.714. The number of hydrogen-bond donors (Lipinski definition) is 0. The first-order valence-corrected chi connectivity index (χ1v) is 9.67. The first-order chi connectivity index (χ1) is 12.1. The van der Waals surface area contributed by atoms with Crippen LogP contribution in [0.5, 0.6) is 0 Å². The molecule has 2 saturated heterocycles. The zero-order chi connectivity index (χ0) is 17.3. The van der Waals surface area contributed by atoms with Crippen molar-refractivity contribution in [2.24, 2.45) is 11.3 Å². The van der Waals surface area contributed by atoms with Gasteiger partial charge >= 0.3 is 0 Å². The van der Waals surface area contributed by atoms with Crippen LogP contribution in [0.3, 0.4) is 0 Å². The molecule has 0 aromatic rings. The minimum atomic E-state index is 0.183. The third kappa shape index (κ3) is 4.55. The van der Waals surface area contributed by atoms with Gasteiger partial charge in [-0.15, -0.1) is 0 Å². The normalized spacial score (nSPS) is 34.3. The predicted octanol–water partition coefficient (Wildman–Crippen LogP) is 3.78. The number of hydrogen-bond acceptors (Lipinski definition) is 4. The van der Waals surface area contributed by atoms with Gasteiger partial charge in [-0.1, -0.05) is 32.1 Å². The molecular formula is C21H30O4. The second-order valence-electron chi connectivity index (χ2n) is 8.21. The average Bonchev–Trinajstić information content (AvgIpc) is 3.54. The van der Waals surface area contributed by atoms with Gasteiger partial charge in [0.1, 0.15) is 18.8 Å². The average molecular weight is 346 g/mol. The van der Waals surface area contributed by atoms with E-state index < -0.39 is 0 Å². The fourth-order valence-electron chi connectivity index (χ4n) is 3.79. The first-order valence-electron chi connectivity index (χ1n) is 9.67. The number of ether oxygens (including phenoxy) is 4. The molecule has 2 fully saturated rings. The van der Waals surface area contributed by atoms with Gasteiger partial charge in [0.05, 0.1) is 31.7 Å².